The van der Waals surface area contributed by atoms with E-state index < -0.39 is 24.4 Å². The molecule has 0 radical (unpaired) electrons. The van der Waals surface area contributed by atoms with Crippen LogP contribution in [0.2, 0.25) is 0 Å². The highest BCUT2D eigenvalue weighted by molar-refractivity contribution is 5.95. The zero-order chi connectivity index (χ0) is 26.7. The molecule has 0 aromatic carbocycles. The molecule has 12 heteroatoms. The van der Waals surface area contributed by atoms with Crippen molar-refractivity contribution in [1.29, 1.82) is 0 Å². The minimum Gasteiger partial charge on any atom is -0.390 e. The number of amides is 3. The molecule has 2 heterocycles. The molecule has 1 aliphatic heterocycles. The van der Waals surface area contributed by atoms with Crippen LogP contribution in [0.4, 0.5) is 23.8 Å². The molecule has 4 aliphatic carbocycles. The van der Waals surface area contributed by atoms with E-state index in [1.807, 2.05) is 19.3 Å². The summed E-state index contributed by atoms with van der Waals surface area (Å²) in [6.07, 6.45) is 1.28. The van der Waals surface area contributed by atoms with Crippen LogP contribution < -0.4 is 15.5 Å². The maximum Gasteiger partial charge on any atom is 0.405 e. The van der Waals surface area contributed by atoms with Crippen molar-refractivity contribution in [3.8, 4) is 0 Å². The highest BCUT2D eigenvalue weighted by Crippen LogP contribution is 2.55. The molecule has 5 fully saturated rings. The molecule has 1 saturated heterocycles. The highest BCUT2D eigenvalue weighted by atomic mass is 19.4. The Balaban J connectivity index is 1.20. The first kappa shape index (κ1) is 26.1. The van der Waals surface area contributed by atoms with Gasteiger partial charge in [-0.05, 0) is 69.6 Å². The monoisotopic (exact) mass is 526 g/mol. The summed E-state index contributed by atoms with van der Waals surface area (Å²) in [5, 5.41) is 20.6. The number of piperidine rings is 1. The highest BCUT2D eigenvalue weighted by Gasteiger charge is 2.55. The Hall–Kier alpha value is -2.50. The van der Waals surface area contributed by atoms with Crippen LogP contribution in [-0.2, 0) is 7.05 Å². The quantitative estimate of drug-likeness (QED) is 0.548. The molecule has 2 atom stereocenters. The molecule has 4 saturated carbocycles. The Morgan fingerprint density at radius 1 is 1.16 bits per heavy atom. The molecule has 1 aromatic heterocycles. The zero-order valence-corrected chi connectivity index (χ0v) is 21.6. The summed E-state index contributed by atoms with van der Waals surface area (Å²) in [5.41, 5.74) is 0.611. The standard InChI is InChI=1S/C25H37F3N6O3/c1-14-19(21(35)30-20-16-8-15-9-17(20)12-24(37,10-15)11-16)31-33(3)22(14)32(2)18-4-6-34(7-5-18)23(36)29-13-25(26,27)28/h15-18,20,37H,4-13H2,1-3H3,(H,29,36)(H,30,35)/t15?,16?,17?,20-,24-. The maximum absolute atomic E-state index is 13.4. The van der Waals surface area contributed by atoms with Crippen LogP contribution in [0.15, 0.2) is 0 Å². The number of anilines is 1. The van der Waals surface area contributed by atoms with Crippen LogP contribution in [0.3, 0.4) is 0 Å². The topological polar surface area (TPSA) is 103 Å². The summed E-state index contributed by atoms with van der Waals surface area (Å²) < 4.78 is 38.9. The first-order chi connectivity index (χ1) is 17.3. The summed E-state index contributed by atoms with van der Waals surface area (Å²) in [6.45, 7) is 1.24. The van der Waals surface area contributed by atoms with E-state index in [-0.39, 0.29) is 18.0 Å². The van der Waals surface area contributed by atoms with Crippen molar-refractivity contribution in [2.45, 2.75) is 75.7 Å². The number of aromatic nitrogens is 2. The first-order valence-corrected chi connectivity index (χ1v) is 13.2. The fraction of sp³-hybridized carbons (Fsp3) is 0.800. The van der Waals surface area contributed by atoms with Gasteiger partial charge in [-0.3, -0.25) is 9.48 Å². The van der Waals surface area contributed by atoms with Gasteiger partial charge in [0.05, 0.1) is 5.60 Å². The van der Waals surface area contributed by atoms with Crippen molar-refractivity contribution in [1.82, 2.24) is 25.3 Å². The number of urea groups is 1. The minimum absolute atomic E-state index is 0.0573. The summed E-state index contributed by atoms with van der Waals surface area (Å²) >= 11 is 0. The van der Waals surface area contributed by atoms with Gasteiger partial charge in [-0.2, -0.15) is 18.3 Å². The van der Waals surface area contributed by atoms with E-state index in [0.29, 0.717) is 49.4 Å². The fourth-order valence-corrected chi connectivity index (χ4v) is 7.68. The molecule has 1 aromatic rings. The van der Waals surface area contributed by atoms with E-state index in [0.717, 1.165) is 43.5 Å². The lowest BCUT2D eigenvalue weighted by atomic mass is 9.52. The number of halogens is 3. The normalized spacial score (nSPS) is 31.5. The maximum atomic E-state index is 13.4. The van der Waals surface area contributed by atoms with Crippen LogP contribution >= 0.6 is 0 Å². The molecule has 6 rings (SSSR count). The second-order valence-corrected chi connectivity index (χ2v) is 11.7. The fourth-order valence-electron chi connectivity index (χ4n) is 7.68. The van der Waals surface area contributed by atoms with Crippen molar-refractivity contribution in [2.24, 2.45) is 24.8 Å². The number of carbonyl (C=O) groups is 2. The SMILES string of the molecule is Cc1c(C(=O)N[C@H]2C3CC4CC2C[C@](O)(C4)C3)nn(C)c1N(C)C1CCN(C(=O)NCC(F)(F)F)CC1. The number of aliphatic hydroxyl groups is 1. The molecule has 37 heavy (non-hydrogen) atoms. The Morgan fingerprint density at radius 3 is 2.35 bits per heavy atom. The van der Waals surface area contributed by atoms with E-state index in [9.17, 15) is 27.9 Å². The molecular formula is C25H37F3N6O3. The van der Waals surface area contributed by atoms with E-state index in [2.05, 4.69) is 15.3 Å². The summed E-state index contributed by atoms with van der Waals surface area (Å²) in [5.74, 6) is 1.81. The lowest BCUT2D eigenvalue weighted by Crippen LogP contribution is -2.61. The van der Waals surface area contributed by atoms with Crippen LogP contribution in [0.1, 0.15) is 61.0 Å². The van der Waals surface area contributed by atoms with Gasteiger partial charge in [0.15, 0.2) is 5.69 Å². The molecule has 206 valence electrons. The average Bonchev–Trinajstić information content (AvgIpc) is 3.11. The van der Waals surface area contributed by atoms with Crippen LogP contribution in [0.25, 0.3) is 0 Å². The number of carbonyl (C=O) groups excluding carboxylic acids is 2. The third-order valence-electron chi connectivity index (χ3n) is 9.07. The molecule has 3 N–H and O–H groups in total. The van der Waals surface area contributed by atoms with E-state index >= 15 is 0 Å². The number of hydrogen-bond acceptors (Lipinski definition) is 5. The lowest BCUT2D eigenvalue weighted by molar-refractivity contribution is -0.137. The molecular weight excluding hydrogens is 489 g/mol. The summed E-state index contributed by atoms with van der Waals surface area (Å²) in [6, 6.07) is -0.576. The number of nitrogens with one attached hydrogen (secondary N) is 2. The van der Waals surface area contributed by atoms with Gasteiger partial charge < -0.3 is 25.5 Å². The van der Waals surface area contributed by atoms with Crippen LogP contribution in [0.5, 0.6) is 0 Å². The van der Waals surface area contributed by atoms with Crippen molar-refractivity contribution in [3.05, 3.63) is 11.3 Å². The zero-order valence-electron chi connectivity index (χ0n) is 21.6. The first-order valence-electron chi connectivity index (χ1n) is 13.2. The average molecular weight is 527 g/mol. The van der Waals surface area contributed by atoms with E-state index in [4.69, 9.17) is 0 Å². The third-order valence-corrected chi connectivity index (χ3v) is 9.07. The Morgan fingerprint density at radius 2 is 1.78 bits per heavy atom. The second-order valence-electron chi connectivity index (χ2n) is 11.7. The van der Waals surface area contributed by atoms with Gasteiger partial charge in [0, 0.05) is 44.8 Å². The van der Waals surface area contributed by atoms with Gasteiger partial charge in [0.1, 0.15) is 12.4 Å². The predicted octanol–water partition coefficient (Wildman–Crippen LogP) is 2.57. The van der Waals surface area contributed by atoms with Crippen molar-refractivity contribution in [2.75, 3.05) is 31.6 Å². The van der Waals surface area contributed by atoms with Crippen molar-refractivity contribution < 1.29 is 27.9 Å². The largest absolute Gasteiger partial charge is 0.405 e. The van der Waals surface area contributed by atoms with Gasteiger partial charge in [-0.25, -0.2) is 4.79 Å². The number of likely N-dealkylation sites (tertiary alicyclic amines) is 1. The van der Waals surface area contributed by atoms with Gasteiger partial charge in [0.25, 0.3) is 5.91 Å². The Labute approximate surface area is 214 Å². The van der Waals surface area contributed by atoms with E-state index in [1.165, 1.54) is 4.90 Å². The van der Waals surface area contributed by atoms with Crippen LogP contribution in [0, 0.1) is 24.7 Å². The number of aryl methyl sites for hydroxylation is 1. The van der Waals surface area contributed by atoms with Gasteiger partial charge in [0.2, 0.25) is 0 Å². The molecule has 5 aliphatic rings. The number of rotatable bonds is 5. The van der Waals surface area contributed by atoms with E-state index in [1.54, 1.807) is 11.7 Å². The molecule has 0 spiro atoms. The summed E-state index contributed by atoms with van der Waals surface area (Å²) in [4.78, 5) is 28.9. The summed E-state index contributed by atoms with van der Waals surface area (Å²) in [7, 11) is 3.72. The van der Waals surface area contributed by atoms with Crippen molar-refractivity contribution >= 4 is 17.8 Å². The Bertz CT molecular complexity index is 1040. The number of alkyl halides is 3. The molecule has 2 unspecified atom stereocenters. The van der Waals surface area contributed by atoms with Crippen molar-refractivity contribution in [3.63, 3.8) is 0 Å². The van der Waals surface area contributed by atoms with Gasteiger partial charge >= 0.3 is 12.2 Å². The number of hydrogen-bond donors (Lipinski definition) is 3. The predicted molar refractivity (Wildman–Crippen MR) is 130 cm³/mol. The van der Waals surface area contributed by atoms with Crippen LogP contribution in [-0.4, -0.2) is 82.3 Å². The third kappa shape index (κ3) is 5.13. The van der Waals surface area contributed by atoms with Gasteiger partial charge in [-0.1, -0.05) is 0 Å². The molecule has 4 bridgehead atoms. The second kappa shape index (κ2) is 9.36. The number of nitrogens with zero attached hydrogens (tertiary/aromatic N) is 4. The Kier molecular flexibility index (Phi) is 6.60. The van der Waals surface area contributed by atoms with Gasteiger partial charge in [-0.15, -0.1) is 0 Å². The smallest absolute Gasteiger partial charge is 0.390 e. The molecule has 9 nitrogen and oxygen atoms in total. The minimum atomic E-state index is -4.44. The lowest BCUT2D eigenvalue weighted by Gasteiger charge is -2.58. The molecule has 3 amide bonds.